The highest BCUT2D eigenvalue weighted by Crippen LogP contribution is 2.35. The summed E-state index contributed by atoms with van der Waals surface area (Å²) in [6, 6.07) is 16.0. The van der Waals surface area contributed by atoms with E-state index >= 15 is 0 Å². The van der Waals surface area contributed by atoms with E-state index in [2.05, 4.69) is 15.6 Å². The van der Waals surface area contributed by atoms with E-state index in [1.807, 2.05) is 0 Å². The summed E-state index contributed by atoms with van der Waals surface area (Å²) in [7, 11) is 1.46. The molecule has 7 nitrogen and oxygen atoms in total. The van der Waals surface area contributed by atoms with Crippen molar-refractivity contribution in [1.82, 2.24) is 5.32 Å². The second-order valence-electron chi connectivity index (χ2n) is 7.18. The van der Waals surface area contributed by atoms with Crippen LogP contribution in [0.15, 0.2) is 76.6 Å². The molecule has 1 fully saturated rings. The van der Waals surface area contributed by atoms with Gasteiger partial charge in [0.25, 0.3) is 11.8 Å². The van der Waals surface area contributed by atoms with E-state index in [9.17, 15) is 18.4 Å². The number of halogens is 2. The first-order valence-electron chi connectivity index (χ1n) is 10.3. The Bertz CT molecular complexity index is 1310. The van der Waals surface area contributed by atoms with E-state index in [4.69, 9.17) is 9.47 Å². The molecule has 1 aliphatic rings. The molecule has 0 unspecified atom stereocenters. The number of nitrogens with zero attached hydrogens (tertiary/aromatic N) is 1. The number of ether oxygens (including phenoxy) is 2. The molecule has 1 aliphatic heterocycles. The van der Waals surface area contributed by atoms with Gasteiger partial charge in [0, 0.05) is 11.3 Å². The molecule has 2 N–H and O–H groups in total. The summed E-state index contributed by atoms with van der Waals surface area (Å²) in [6.07, 6.45) is 1.60. The highest BCUT2D eigenvalue weighted by Gasteiger charge is 2.25. The fourth-order valence-electron chi connectivity index (χ4n) is 3.08. The lowest BCUT2D eigenvalue weighted by atomic mass is 10.1. The number of carbonyl (C=O) groups is 2. The summed E-state index contributed by atoms with van der Waals surface area (Å²) in [6.45, 7) is -0.343. The number of thioether (sulfide) groups is 1. The molecule has 0 aliphatic carbocycles. The molecule has 3 aromatic rings. The average molecular weight is 496 g/mol. The quantitative estimate of drug-likeness (QED) is 0.456. The molecule has 4 rings (SSSR count). The summed E-state index contributed by atoms with van der Waals surface area (Å²) in [4.78, 5) is 29.5. The third-order valence-corrected chi connectivity index (χ3v) is 5.61. The van der Waals surface area contributed by atoms with Crippen molar-refractivity contribution >= 4 is 46.2 Å². The molecular formula is C25H19F2N3O4S. The molecule has 178 valence electrons. The van der Waals surface area contributed by atoms with Crippen LogP contribution in [0.1, 0.15) is 5.56 Å². The molecule has 35 heavy (non-hydrogen) atoms. The minimum atomic E-state index is -0.456. The Balaban J connectivity index is 1.50. The largest absolute Gasteiger partial charge is 0.493 e. The number of rotatable bonds is 7. The van der Waals surface area contributed by atoms with Crippen molar-refractivity contribution in [2.24, 2.45) is 4.99 Å². The lowest BCUT2D eigenvalue weighted by Crippen LogP contribution is -2.20. The molecule has 0 atom stereocenters. The predicted molar refractivity (Wildman–Crippen MR) is 131 cm³/mol. The maximum absolute atomic E-state index is 13.1. The van der Waals surface area contributed by atoms with Crippen LogP contribution in [0.4, 0.5) is 20.2 Å². The molecule has 1 saturated heterocycles. The van der Waals surface area contributed by atoms with Crippen molar-refractivity contribution in [1.29, 1.82) is 0 Å². The average Bonchev–Trinajstić information content (AvgIpc) is 3.19. The van der Waals surface area contributed by atoms with E-state index in [0.717, 1.165) is 11.8 Å². The van der Waals surface area contributed by atoms with Gasteiger partial charge in [0.05, 0.1) is 17.7 Å². The Morgan fingerprint density at radius 1 is 1.06 bits per heavy atom. The fourth-order valence-corrected chi connectivity index (χ4v) is 3.92. The van der Waals surface area contributed by atoms with Crippen LogP contribution in [0.5, 0.6) is 11.5 Å². The topological polar surface area (TPSA) is 89.0 Å². The first-order valence-corrected chi connectivity index (χ1v) is 11.1. The SMILES string of the molecule is COc1cccc(/C=C2/SC(=Nc3ccc(F)cc3)NC2=O)c1OCC(=O)Nc1ccc(F)cc1. The number of nitrogens with one attached hydrogen (secondary N) is 2. The van der Waals surface area contributed by atoms with Crippen molar-refractivity contribution in [3.63, 3.8) is 0 Å². The standard InChI is InChI=1S/C25H19F2N3O4S/c1-33-20-4-2-3-15(23(20)34-14-22(31)28-18-9-5-16(26)6-10-18)13-21-24(32)30-25(35-21)29-19-11-7-17(27)8-12-19/h2-13H,14H2,1H3,(H,28,31)(H,29,30,32)/b21-13+. The van der Waals surface area contributed by atoms with Crippen LogP contribution in [-0.4, -0.2) is 30.7 Å². The maximum Gasteiger partial charge on any atom is 0.264 e. The lowest BCUT2D eigenvalue weighted by molar-refractivity contribution is -0.118. The van der Waals surface area contributed by atoms with E-state index in [-0.39, 0.29) is 24.1 Å². The Kier molecular flexibility index (Phi) is 7.41. The number of para-hydroxylation sites is 1. The van der Waals surface area contributed by atoms with Crippen molar-refractivity contribution in [3.8, 4) is 11.5 Å². The van der Waals surface area contributed by atoms with Gasteiger partial charge in [-0.2, -0.15) is 0 Å². The minimum absolute atomic E-state index is 0.272. The predicted octanol–water partition coefficient (Wildman–Crippen LogP) is 4.88. The van der Waals surface area contributed by atoms with Crippen LogP contribution >= 0.6 is 11.8 Å². The lowest BCUT2D eigenvalue weighted by Gasteiger charge is -2.13. The Labute approximate surface area is 203 Å². The highest BCUT2D eigenvalue weighted by atomic mass is 32.2. The molecule has 0 spiro atoms. The second kappa shape index (κ2) is 10.8. The zero-order valence-electron chi connectivity index (χ0n) is 18.4. The monoisotopic (exact) mass is 495 g/mol. The molecule has 2 amide bonds. The molecular weight excluding hydrogens is 476 g/mol. The fraction of sp³-hybridized carbons (Fsp3) is 0.0800. The molecule has 0 saturated carbocycles. The normalized spacial score (nSPS) is 15.2. The summed E-state index contributed by atoms with van der Waals surface area (Å²) in [5.41, 5.74) is 1.43. The molecule has 0 aromatic heterocycles. The number of hydrogen-bond donors (Lipinski definition) is 2. The van der Waals surface area contributed by atoms with Gasteiger partial charge < -0.3 is 20.1 Å². The van der Waals surface area contributed by atoms with Crippen molar-refractivity contribution in [3.05, 3.63) is 88.8 Å². The van der Waals surface area contributed by atoms with Crippen LogP contribution in [0.25, 0.3) is 6.08 Å². The number of amides is 2. The van der Waals surface area contributed by atoms with Crippen LogP contribution in [0.2, 0.25) is 0 Å². The minimum Gasteiger partial charge on any atom is -0.493 e. The van der Waals surface area contributed by atoms with Gasteiger partial charge in [-0.25, -0.2) is 13.8 Å². The Morgan fingerprint density at radius 2 is 1.74 bits per heavy atom. The van der Waals surface area contributed by atoms with Crippen molar-refractivity contribution < 1.29 is 27.8 Å². The van der Waals surface area contributed by atoms with Gasteiger partial charge in [0.15, 0.2) is 23.3 Å². The summed E-state index contributed by atoms with van der Waals surface area (Å²) < 4.78 is 37.3. The number of benzene rings is 3. The second-order valence-corrected chi connectivity index (χ2v) is 8.21. The first-order chi connectivity index (χ1) is 16.9. The van der Waals surface area contributed by atoms with E-state index in [0.29, 0.717) is 32.8 Å². The van der Waals surface area contributed by atoms with Gasteiger partial charge in [0.2, 0.25) is 0 Å². The van der Waals surface area contributed by atoms with Gasteiger partial charge in [-0.3, -0.25) is 9.59 Å². The number of anilines is 1. The number of amidine groups is 1. The summed E-state index contributed by atoms with van der Waals surface area (Å²) in [5, 5.41) is 5.62. The number of carbonyl (C=O) groups excluding carboxylic acids is 2. The van der Waals surface area contributed by atoms with E-state index in [1.54, 1.807) is 24.3 Å². The van der Waals surface area contributed by atoms with Gasteiger partial charge in [-0.15, -0.1) is 0 Å². The maximum atomic E-state index is 13.1. The van der Waals surface area contributed by atoms with Crippen LogP contribution in [-0.2, 0) is 9.59 Å². The van der Waals surface area contributed by atoms with Gasteiger partial charge in [-0.1, -0.05) is 12.1 Å². The number of aliphatic imine (C=N–C) groups is 1. The van der Waals surface area contributed by atoms with Crippen LogP contribution in [0.3, 0.4) is 0 Å². The summed E-state index contributed by atoms with van der Waals surface area (Å²) in [5.74, 6) is -0.965. The van der Waals surface area contributed by atoms with E-state index in [1.165, 1.54) is 55.6 Å². The molecule has 10 heteroatoms. The molecule has 0 radical (unpaired) electrons. The van der Waals surface area contributed by atoms with Gasteiger partial charge in [-0.05, 0) is 72.4 Å². The molecule has 1 heterocycles. The van der Waals surface area contributed by atoms with Crippen LogP contribution in [0, 0.1) is 11.6 Å². The highest BCUT2D eigenvalue weighted by molar-refractivity contribution is 8.18. The van der Waals surface area contributed by atoms with Crippen molar-refractivity contribution in [2.75, 3.05) is 19.0 Å². The smallest absolute Gasteiger partial charge is 0.264 e. The third-order valence-electron chi connectivity index (χ3n) is 4.70. The Hall–Kier alpha value is -4.18. The zero-order chi connectivity index (χ0) is 24.8. The Morgan fingerprint density at radius 3 is 2.43 bits per heavy atom. The van der Waals surface area contributed by atoms with Crippen molar-refractivity contribution in [2.45, 2.75) is 0 Å². The number of methoxy groups -OCH3 is 1. The number of hydrogen-bond acceptors (Lipinski definition) is 6. The first kappa shape index (κ1) is 24.0. The van der Waals surface area contributed by atoms with E-state index < -0.39 is 11.7 Å². The van der Waals surface area contributed by atoms with Gasteiger partial charge >= 0.3 is 0 Å². The molecule has 3 aromatic carbocycles. The zero-order valence-corrected chi connectivity index (χ0v) is 19.2. The third kappa shape index (κ3) is 6.24. The summed E-state index contributed by atoms with van der Waals surface area (Å²) >= 11 is 1.11. The van der Waals surface area contributed by atoms with Gasteiger partial charge in [0.1, 0.15) is 11.6 Å². The van der Waals surface area contributed by atoms with Crippen LogP contribution < -0.4 is 20.1 Å². The molecule has 0 bridgehead atoms.